The monoisotopic (exact) mass is 356 g/mol. The molecule has 0 radical (unpaired) electrons. The minimum Gasteiger partial charge on any atom is -0.342 e. The van der Waals surface area contributed by atoms with Crippen LogP contribution in [0.2, 0.25) is 0 Å². The van der Waals surface area contributed by atoms with Crippen LogP contribution in [0.4, 0.5) is 4.39 Å². The Morgan fingerprint density at radius 1 is 1.12 bits per heavy atom. The van der Waals surface area contributed by atoms with Crippen LogP contribution < -0.4 is 0 Å². The molecule has 1 fully saturated rings. The van der Waals surface area contributed by atoms with Gasteiger partial charge in [0, 0.05) is 32.0 Å². The fraction of sp³-hybridized carbons (Fsp3) is 0.550. The van der Waals surface area contributed by atoms with E-state index in [2.05, 4.69) is 14.8 Å². The molecule has 5 nitrogen and oxygen atoms in total. The lowest BCUT2D eigenvalue weighted by Crippen LogP contribution is -2.40. The number of hydrogen-bond donors (Lipinski definition) is 0. The van der Waals surface area contributed by atoms with Crippen molar-refractivity contribution in [2.75, 3.05) is 13.1 Å². The second kappa shape index (κ2) is 7.56. The van der Waals surface area contributed by atoms with Crippen molar-refractivity contribution in [3.8, 4) is 0 Å². The van der Waals surface area contributed by atoms with Crippen LogP contribution in [0.1, 0.15) is 55.2 Å². The zero-order valence-corrected chi connectivity index (χ0v) is 15.0. The first-order valence-electron chi connectivity index (χ1n) is 9.65. The lowest BCUT2D eigenvalue weighted by molar-refractivity contribution is -0.131. The van der Waals surface area contributed by atoms with Crippen LogP contribution in [0, 0.1) is 5.82 Å². The second-order valence-electron chi connectivity index (χ2n) is 7.38. The molecule has 1 aromatic carbocycles. The first-order valence-corrected chi connectivity index (χ1v) is 9.65. The van der Waals surface area contributed by atoms with Gasteiger partial charge in [-0.2, -0.15) is 0 Å². The van der Waals surface area contributed by atoms with Gasteiger partial charge in [-0.25, -0.2) is 4.39 Å². The summed E-state index contributed by atoms with van der Waals surface area (Å²) in [6, 6.07) is 6.52. The summed E-state index contributed by atoms with van der Waals surface area (Å²) in [6.45, 7) is 2.38. The Morgan fingerprint density at radius 2 is 2.00 bits per heavy atom. The molecule has 0 saturated carbocycles. The maximum absolute atomic E-state index is 13.9. The molecule has 138 valence electrons. The highest BCUT2D eigenvalue weighted by Gasteiger charge is 2.29. The van der Waals surface area contributed by atoms with E-state index >= 15 is 0 Å². The van der Waals surface area contributed by atoms with Crippen LogP contribution in [0.25, 0.3) is 0 Å². The Kier molecular flexibility index (Phi) is 5.00. The fourth-order valence-corrected chi connectivity index (χ4v) is 4.14. The molecule has 1 saturated heterocycles. The summed E-state index contributed by atoms with van der Waals surface area (Å²) in [7, 11) is 0. The normalized spacial score (nSPS) is 20.5. The maximum Gasteiger partial charge on any atom is 0.227 e. The van der Waals surface area contributed by atoms with Crippen molar-refractivity contribution in [1.82, 2.24) is 19.7 Å². The van der Waals surface area contributed by atoms with Gasteiger partial charge in [0.05, 0.1) is 6.42 Å². The number of aromatic nitrogens is 3. The van der Waals surface area contributed by atoms with Gasteiger partial charge in [0.2, 0.25) is 5.91 Å². The summed E-state index contributed by atoms with van der Waals surface area (Å²) in [6.07, 6.45) is 6.68. The molecule has 2 aliphatic rings. The molecule has 4 rings (SSSR count). The number of aryl methyl sites for hydroxylation is 1. The van der Waals surface area contributed by atoms with Crippen LogP contribution in [-0.2, 0) is 24.2 Å². The largest absolute Gasteiger partial charge is 0.342 e. The zero-order valence-electron chi connectivity index (χ0n) is 15.0. The summed E-state index contributed by atoms with van der Waals surface area (Å²) in [5, 5.41) is 8.87. The fourth-order valence-electron chi connectivity index (χ4n) is 4.14. The van der Waals surface area contributed by atoms with Gasteiger partial charge in [-0.1, -0.05) is 24.6 Å². The lowest BCUT2D eigenvalue weighted by Gasteiger charge is -2.32. The quantitative estimate of drug-likeness (QED) is 0.849. The van der Waals surface area contributed by atoms with Gasteiger partial charge in [0.15, 0.2) is 0 Å². The van der Waals surface area contributed by atoms with Crippen molar-refractivity contribution in [2.45, 2.75) is 57.4 Å². The predicted molar refractivity (Wildman–Crippen MR) is 96.2 cm³/mol. The average Bonchev–Trinajstić information content (AvgIpc) is 2.92. The van der Waals surface area contributed by atoms with E-state index in [1.807, 2.05) is 4.90 Å². The molecule has 1 amide bonds. The van der Waals surface area contributed by atoms with E-state index in [9.17, 15) is 9.18 Å². The third-order valence-electron chi connectivity index (χ3n) is 5.58. The lowest BCUT2D eigenvalue weighted by atomic mass is 9.96. The Morgan fingerprint density at radius 3 is 2.88 bits per heavy atom. The van der Waals surface area contributed by atoms with E-state index in [1.54, 1.807) is 18.2 Å². The van der Waals surface area contributed by atoms with Gasteiger partial charge >= 0.3 is 0 Å². The molecule has 1 aromatic heterocycles. The predicted octanol–water partition coefficient (Wildman–Crippen LogP) is 3.09. The standard InChI is InChI=1S/C20H25FN4O/c21-17-9-4-3-7-15(17)13-19(26)24-11-6-8-16(14-24)20-23-22-18-10-2-1-5-12-25(18)20/h3-4,7,9,16H,1-2,5-6,8,10-14H2/t16-/m1/s1. The van der Waals surface area contributed by atoms with Crippen molar-refractivity contribution in [2.24, 2.45) is 0 Å². The molecule has 1 atom stereocenters. The molecular weight excluding hydrogens is 331 g/mol. The van der Waals surface area contributed by atoms with Crippen LogP contribution in [0.15, 0.2) is 24.3 Å². The van der Waals surface area contributed by atoms with Crippen molar-refractivity contribution >= 4 is 5.91 Å². The maximum atomic E-state index is 13.9. The van der Waals surface area contributed by atoms with Gasteiger partial charge in [0.25, 0.3) is 0 Å². The Labute approximate surface area is 153 Å². The first-order chi connectivity index (χ1) is 12.7. The van der Waals surface area contributed by atoms with Gasteiger partial charge in [-0.3, -0.25) is 4.79 Å². The summed E-state index contributed by atoms with van der Waals surface area (Å²) >= 11 is 0. The summed E-state index contributed by atoms with van der Waals surface area (Å²) in [5.74, 6) is 2.04. The zero-order chi connectivity index (χ0) is 17.9. The van der Waals surface area contributed by atoms with E-state index < -0.39 is 0 Å². The minimum atomic E-state index is -0.308. The first kappa shape index (κ1) is 17.2. The summed E-state index contributed by atoms with van der Waals surface area (Å²) < 4.78 is 16.1. The number of nitrogens with zero attached hydrogens (tertiary/aromatic N) is 4. The van der Waals surface area contributed by atoms with E-state index in [0.29, 0.717) is 12.1 Å². The smallest absolute Gasteiger partial charge is 0.227 e. The van der Waals surface area contributed by atoms with Crippen molar-refractivity contribution in [3.63, 3.8) is 0 Å². The highest BCUT2D eigenvalue weighted by Crippen LogP contribution is 2.28. The van der Waals surface area contributed by atoms with Crippen molar-refractivity contribution in [3.05, 3.63) is 47.3 Å². The SMILES string of the molecule is O=C(Cc1ccccc1F)N1CCC[C@@H](c2nnc3n2CCCCC3)C1. The highest BCUT2D eigenvalue weighted by molar-refractivity contribution is 5.79. The Balaban J connectivity index is 1.47. The average molecular weight is 356 g/mol. The van der Waals surface area contributed by atoms with E-state index in [0.717, 1.165) is 44.0 Å². The van der Waals surface area contributed by atoms with Crippen LogP contribution in [-0.4, -0.2) is 38.7 Å². The number of piperidine rings is 1. The second-order valence-corrected chi connectivity index (χ2v) is 7.38. The Hall–Kier alpha value is -2.24. The molecule has 3 heterocycles. The van der Waals surface area contributed by atoms with Crippen LogP contribution >= 0.6 is 0 Å². The Bertz CT molecular complexity index is 788. The molecule has 0 bridgehead atoms. The van der Waals surface area contributed by atoms with Crippen molar-refractivity contribution < 1.29 is 9.18 Å². The molecular formula is C20H25FN4O. The number of carbonyl (C=O) groups is 1. The molecule has 2 aliphatic heterocycles. The minimum absolute atomic E-state index is 0.00425. The number of rotatable bonds is 3. The van der Waals surface area contributed by atoms with Gasteiger partial charge < -0.3 is 9.47 Å². The van der Waals surface area contributed by atoms with Crippen molar-refractivity contribution in [1.29, 1.82) is 0 Å². The number of fused-ring (bicyclic) bond motifs is 1. The molecule has 0 unspecified atom stereocenters. The van der Waals surface area contributed by atoms with Crippen LogP contribution in [0.5, 0.6) is 0 Å². The van der Waals surface area contributed by atoms with E-state index in [4.69, 9.17) is 0 Å². The molecule has 26 heavy (non-hydrogen) atoms. The molecule has 0 aliphatic carbocycles. The number of hydrogen-bond acceptors (Lipinski definition) is 3. The van der Waals surface area contributed by atoms with Crippen LogP contribution in [0.3, 0.4) is 0 Å². The number of amides is 1. The van der Waals surface area contributed by atoms with Gasteiger partial charge in [-0.15, -0.1) is 10.2 Å². The summed E-state index contributed by atoms with van der Waals surface area (Å²) in [4.78, 5) is 14.6. The van der Waals surface area contributed by atoms with E-state index in [-0.39, 0.29) is 24.1 Å². The number of halogens is 1. The molecule has 0 N–H and O–H groups in total. The van der Waals surface area contributed by atoms with Gasteiger partial charge in [-0.05, 0) is 37.3 Å². The number of benzene rings is 1. The highest BCUT2D eigenvalue weighted by atomic mass is 19.1. The third-order valence-corrected chi connectivity index (χ3v) is 5.58. The topological polar surface area (TPSA) is 51.0 Å². The summed E-state index contributed by atoms with van der Waals surface area (Å²) in [5.41, 5.74) is 0.468. The van der Waals surface area contributed by atoms with Gasteiger partial charge in [0.1, 0.15) is 17.5 Å². The third kappa shape index (κ3) is 3.50. The molecule has 6 heteroatoms. The number of carbonyl (C=O) groups excluding carboxylic acids is 1. The molecule has 2 aromatic rings. The van der Waals surface area contributed by atoms with E-state index in [1.165, 1.54) is 25.3 Å². The molecule has 0 spiro atoms. The number of likely N-dealkylation sites (tertiary alicyclic amines) is 1.